The van der Waals surface area contributed by atoms with Crippen LogP contribution in [-0.4, -0.2) is 43.2 Å². The number of hydrogen-bond acceptors (Lipinski definition) is 4. The fourth-order valence-electron chi connectivity index (χ4n) is 1.59. The molecule has 0 saturated carbocycles. The van der Waals surface area contributed by atoms with Gasteiger partial charge in [-0.05, 0) is 12.1 Å². The van der Waals surface area contributed by atoms with Crippen molar-refractivity contribution in [3.05, 3.63) is 30.3 Å². The van der Waals surface area contributed by atoms with E-state index in [4.69, 9.17) is 9.84 Å². The number of sulfonamides is 1. The first kappa shape index (κ1) is 12.0. The average Bonchev–Trinajstić information content (AvgIpc) is 2.80. The Balaban J connectivity index is 2.37. The lowest BCUT2D eigenvalue weighted by atomic mass is 10.3. The summed E-state index contributed by atoms with van der Waals surface area (Å²) in [6, 6.07) is 6.55. The number of ether oxygens (including phenoxy) is 1. The minimum Gasteiger partial charge on any atom is -0.480 e. The first-order valence-corrected chi connectivity index (χ1v) is 6.35. The minimum atomic E-state index is -3.81. The van der Waals surface area contributed by atoms with E-state index < -0.39 is 22.0 Å². The summed E-state index contributed by atoms with van der Waals surface area (Å²) in [5.74, 6) is -1.21. The molecule has 0 unspecified atom stereocenters. The highest BCUT2D eigenvalue weighted by Gasteiger charge is 2.40. The lowest BCUT2D eigenvalue weighted by Gasteiger charge is -2.18. The third kappa shape index (κ3) is 2.17. The van der Waals surface area contributed by atoms with E-state index in [1.165, 1.54) is 12.1 Å². The molecule has 6 nitrogen and oxygen atoms in total. The van der Waals surface area contributed by atoms with Crippen LogP contribution in [0.15, 0.2) is 35.2 Å². The van der Waals surface area contributed by atoms with E-state index in [9.17, 15) is 13.2 Å². The highest BCUT2D eigenvalue weighted by atomic mass is 32.2. The van der Waals surface area contributed by atoms with Crippen LogP contribution >= 0.6 is 0 Å². The molecule has 1 N–H and O–H groups in total. The van der Waals surface area contributed by atoms with Gasteiger partial charge in [-0.3, -0.25) is 4.79 Å². The summed E-state index contributed by atoms with van der Waals surface area (Å²) >= 11 is 0. The molecule has 0 aromatic heterocycles. The normalized spacial score (nSPS) is 21.5. The van der Waals surface area contributed by atoms with Gasteiger partial charge >= 0.3 is 5.97 Å². The summed E-state index contributed by atoms with van der Waals surface area (Å²) in [5.41, 5.74) is 0. The van der Waals surface area contributed by atoms with E-state index >= 15 is 0 Å². The Labute approximate surface area is 98.5 Å². The summed E-state index contributed by atoms with van der Waals surface area (Å²) in [6.07, 6.45) is 0. The van der Waals surface area contributed by atoms with Crippen molar-refractivity contribution in [1.29, 1.82) is 0 Å². The van der Waals surface area contributed by atoms with Crippen molar-refractivity contribution in [2.75, 3.05) is 13.3 Å². The van der Waals surface area contributed by atoms with Gasteiger partial charge < -0.3 is 9.84 Å². The van der Waals surface area contributed by atoms with Crippen LogP contribution in [0.4, 0.5) is 0 Å². The van der Waals surface area contributed by atoms with Crippen LogP contribution in [0.5, 0.6) is 0 Å². The monoisotopic (exact) mass is 257 g/mol. The summed E-state index contributed by atoms with van der Waals surface area (Å²) < 4.78 is 30.0. The molecule has 7 heteroatoms. The van der Waals surface area contributed by atoms with Crippen molar-refractivity contribution in [3.8, 4) is 0 Å². The van der Waals surface area contributed by atoms with Gasteiger partial charge in [0.05, 0.1) is 11.5 Å². The quantitative estimate of drug-likeness (QED) is 0.831. The number of carboxylic acids is 1. The second kappa shape index (κ2) is 4.44. The van der Waals surface area contributed by atoms with E-state index in [0.29, 0.717) is 0 Å². The standard InChI is InChI=1S/C10H11NO5S/c12-10(13)9-6-16-7-11(9)17(14,15)8-4-2-1-3-5-8/h1-5,9H,6-7H2,(H,12,13)/t9-/m0/s1. The fraction of sp³-hybridized carbons (Fsp3) is 0.300. The molecule has 1 aliphatic heterocycles. The van der Waals surface area contributed by atoms with Crippen LogP contribution in [0.3, 0.4) is 0 Å². The highest BCUT2D eigenvalue weighted by Crippen LogP contribution is 2.21. The van der Waals surface area contributed by atoms with Crippen molar-refractivity contribution < 1.29 is 23.1 Å². The molecule has 1 aliphatic rings. The number of carboxylic acid groups (broad SMARTS) is 1. The van der Waals surface area contributed by atoms with Crippen LogP contribution in [0.1, 0.15) is 0 Å². The van der Waals surface area contributed by atoms with Crippen molar-refractivity contribution in [2.45, 2.75) is 10.9 Å². The number of hydrogen-bond donors (Lipinski definition) is 1. The van der Waals surface area contributed by atoms with Gasteiger partial charge in [-0.2, -0.15) is 4.31 Å². The molecule has 0 spiro atoms. The van der Waals surface area contributed by atoms with E-state index in [1.807, 2.05) is 0 Å². The zero-order chi connectivity index (χ0) is 12.5. The first-order chi connectivity index (χ1) is 8.03. The molecule has 0 aliphatic carbocycles. The van der Waals surface area contributed by atoms with Gasteiger partial charge in [-0.15, -0.1) is 0 Å². The Bertz CT molecular complexity index is 513. The van der Waals surface area contributed by atoms with Crippen LogP contribution in [0.25, 0.3) is 0 Å². The number of benzene rings is 1. The van der Waals surface area contributed by atoms with Gasteiger partial charge in [0.15, 0.2) is 0 Å². The van der Waals surface area contributed by atoms with E-state index in [-0.39, 0.29) is 18.2 Å². The third-order valence-electron chi connectivity index (χ3n) is 2.48. The largest absolute Gasteiger partial charge is 0.480 e. The second-order valence-electron chi connectivity index (χ2n) is 3.56. The molecule has 0 radical (unpaired) electrons. The maximum Gasteiger partial charge on any atom is 0.324 e. The molecule has 92 valence electrons. The van der Waals surface area contributed by atoms with Crippen molar-refractivity contribution in [2.24, 2.45) is 0 Å². The number of carbonyl (C=O) groups is 1. The minimum absolute atomic E-state index is 0.0664. The maximum atomic E-state index is 12.1. The zero-order valence-electron chi connectivity index (χ0n) is 8.81. The molecule has 1 aromatic rings. The van der Waals surface area contributed by atoms with Crippen LogP contribution < -0.4 is 0 Å². The van der Waals surface area contributed by atoms with Crippen LogP contribution in [0.2, 0.25) is 0 Å². The number of nitrogens with zero attached hydrogens (tertiary/aromatic N) is 1. The van der Waals surface area contributed by atoms with Gasteiger partial charge in [-0.1, -0.05) is 18.2 Å². The molecule has 0 amide bonds. The third-order valence-corrected chi connectivity index (χ3v) is 4.32. The zero-order valence-corrected chi connectivity index (χ0v) is 9.63. The van der Waals surface area contributed by atoms with E-state index in [2.05, 4.69) is 0 Å². The molecule has 1 fully saturated rings. The van der Waals surface area contributed by atoms with Gasteiger partial charge in [0.1, 0.15) is 12.8 Å². The van der Waals surface area contributed by atoms with Crippen LogP contribution in [0, 0.1) is 0 Å². The second-order valence-corrected chi connectivity index (χ2v) is 5.45. The van der Waals surface area contributed by atoms with Crippen molar-refractivity contribution in [1.82, 2.24) is 4.31 Å². The summed E-state index contributed by atoms with van der Waals surface area (Å²) in [4.78, 5) is 11.0. The SMILES string of the molecule is O=C(O)[C@@H]1COCN1S(=O)(=O)c1ccccc1. The Morgan fingerprint density at radius 2 is 2.00 bits per heavy atom. The predicted octanol–water partition coefficient (Wildman–Crippen LogP) is 0.118. The molecule has 1 heterocycles. The van der Waals surface area contributed by atoms with Crippen molar-refractivity contribution in [3.63, 3.8) is 0 Å². The molecular weight excluding hydrogens is 246 g/mol. The Kier molecular flexibility index (Phi) is 3.14. The van der Waals surface area contributed by atoms with Crippen LogP contribution in [-0.2, 0) is 19.6 Å². The molecule has 2 rings (SSSR count). The lowest BCUT2D eigenvalue weighted by Crippen LogP contribution is -2.41. The molecule has 1 saturated heterocycles. The topological polar surface area (TPSA) is 83.9 Å². The summed E-state index contributed by atoms with van der Waals surface area (Å²) in [7, 11) is -3.81. The summed E-state index contributed by atoms with van der Waals surface area (Å²) in [5, 5.41) is 8.91. The Morgan fingerprint density at radius 1 is 1.35 bits per heavy atom. The molecule has 1 atom stereocenters. The van der Waals surface area contributed by atoms with Gasteiger partial charge in [0.2, 0.25) is 10.0 Å². The number of rotatable bonds is 3. The maximum absolute atomic E-state index is 12.1. The van der Waals surface area contributed by atoms with Gasteiger partial charge in [0.25, 0.3) is 0 Å². The molecule has 17 heavy (non-hydrogen) atoms. The Morgan fingerprint density at radius 3 is 2.59 bits per heavy atom. The lowest BCUT2D eigenvalue weighted by molar-refractivity contribution is -0.140. The van der Waals surface area contributed by atoms with Gasteiger partial charge in [0, 0.05) is 0 Å². The molecular formula is C10H11NO5S. The average molecular weight is 257 g/mol. The predicted molar refractivity (Wildman–Crippen MR) is 57.7 cm³/mol. The summed E-state index contributed by atoms with van der Waals surface area (Å²) in [6.45, 7) is -0.352. The van der Waals surface area contributed by atoms with Crippen molar-refractivity contribution >= 4 is 16.0 Å². The Hall–Kier alpha value is -1.44. The molecule has 1 aromatic carbocycles. The molecule has 0 bridgehead atoms. The van der Waals surface area contributed by atoms with E-state index in [1.54, 1.807) is 18.2 Å². The smallest absolute Gasteiger partial charge is 0.324 e. The number of aliphatic carboxylic acids is 1. The fourth-order valence-corrected chi connectivity index (χ4v) is 3.06. The van der Waals surface area contributed by atoms with E-state index in [0.717, 1.165) is 4.31 Å². The first-order valence-electron chi connectivity index (χ1n) is 4.91. The highest BCUT2D eigenvalue weighted by molar-refractivity contribution is 7.89. The van der Waals surface area contributed by atoms with Gasteiger partial charge in [-0.25, -0.2) is 8.42 Å².